The summed E-state index contributed by atoms with van der Waals surface area (Å²) in [5, 5.41) is 0.392. The number of hydrogen-bond donors (Lipinski definition) is 3. The van der Waals surface area contributed by atoms with Crippen LogP contribution in [0.1, 0.15) is 27.9 Å². The summed E-state index contributed by atoms with van der Waals surface area (Å²) in [5.41, 5.74) is 13.2. The molecule has 2 aromatic rings. The molecule has 1 aromatic heterocycles. The zero-order valence-electron chi connectivity index (χ0n) is 11.4. The van der Waals surface area contributed by atoms with E-state index in [1.165, 1.54) is 11.3 Å². The van der Waals surface area contributed by atoms with Crippen LogP contribution < -0.4 is 16.6 Å². The van der Waals surface area contributed by atoms with Gasteiger partial charge in [0.25, 0.3) is 5.91 Å². The standard InChI is InChI=1S/C14H15BrN4OS/c1-3-11-12(21-14(16)17-11)13(20)19-18-8(2)9-4-6-10(15)7-5-9/h4-7,18H,2-3H2,1H3,(H2,16,17)(H,19,20). The number of halogens is 1. The molecule has 4 N–H and O–H groups in total. The third kappa shape index (κ3) is 3.83. The van der Waals surface area contributed by atoms with Gasteiger partial charge >= 0.3 is 0 Å². The first kappa shape index (κ1) is 15.5. The predicted octanol–water partition coefficient (Wildman–Crippen LogP) is 2.96. The van der Waals surface area contributed by atoms with Crippen LogP contribution in [0.4, 0.5) is 5.13 Å². The van der Waals surface area contributed by atoms with Crippen LogP contribution in [0.5, 0.6) is 0 Å². The van der Waals surface area contributed by atoms with E-state index in [9.17, 15) is 4.79 Å². The van der Waals surface area contributed by atoms with Crippen molar-refractivity contribution in [1.82, 2.24) is 15.8 Å². The average Bonchev–Trinajstić information content (AvgIpc) is 2.86. The molecule has 0 radical (unpaired) electrons. The first-order chi connectivity index (χ1) is 10.0. The van der Waals surface area contributed by atoms with E-state index >= 15 is 0 Å². The molecule has 21 heavy (non-hydrogen) atoms. The SMILES string of the molecule is C=C(NNC(=O)c1sc(N)nc1CC)c1ccc(Br)cc1. The second-order valence-electron chi connectivity index (χ2n) is 4.25. The number of benzene rings is 1. The van der Waals surface area contributed by atoms with E-state index in [-0.39, 0.29) is 5.91 Å². The minimum atomic E-state index is -0.265. The molecule has 0 aliphatic heterocycles. The van der Waals surface area contributed by atoms with Crippen molar-refractivity contribution >= 4 is 44.0 Å². The fourth-order valence-corrected chi connectivity index (χ4v) is 2.78. The zero-order valence-corrected chi connectivity index (χ0v) is 13.8. The molecule has 7 heteroatoms. The monoisotopic (exact) mass is 366 g/mol. The second-order valence-corrected chi connectivity index (χ2v) is 6.19. The first-order valence-corrected chi connectivity index (χ1v) is 7.88. The Balaban J connectivity index is 2.00. The molecule has 1 heterocycles. The molecule has 2 rings (SSSR count). The number of carbonyl (C=O) groups is 1. The van der Waals surface area contributed by atoms with Crippen LogP contribution in [-0.4, -0.2) is 10.9 Å². The lowest BCUT2D eigenvalue weighted by Gasteiger charge is -2.11. The lowest BCUT2D eigenvalue weighted by atomic mass is 10.2. The Morgan fingerprint density at radius 1 is 1.38 bits per heavy atom. The lowest BCUT2D eigenvalue weighted by molar-refractivity contribution is 0.0945. The minimum Gasteiger partial charge on any atom is -0.375 e. The minimum absolute atomic E-state index is 0.265. The number of hydrazine groups is 1. The van der Waals surface area contributed by atoms with Crippen molar-refractivity contribution < 1.29 is 4.79 Å². The van der Waals surface area contributed by atoms with E-state index in [0.29, 0.717) is 27.8 Å². The number of anilines is 1. The third-order valence-corrected chi connectivity index (χ3v) is 4.23. The number of nitrogens with one attached hydrogen (secondary N) is 2. The molecular weight excluding hydrogens is 352 g/mol. The van der Waals surface area contributed by atoms with Gasteiger partial charge in [-0.15, -0.1) is 0 Å². The van der Waals surface area contributed by atoms with Crippen LogP contribution in [0, 0.1) is 0 Å². The summed E-state index contributed by atoms with van der Waals surface area (Å²) in [6.45, 7) is 5.82. The maximum Gasteiger partial charge on any atom is 0.281 e. The van der Waals surface area contributed by atoms with Gasteiger partial charge in [-0.1, -0.05) is 52.9 Å². The molecule has 0 aliphatic rings. The highest BCUT2D eigenvalue weighted by atomic mass is 79.9. The molecule has 1 amide bonds. The molecule has 0 spiro atoms. The van der Waals surface area contributed by atoms with Crippen molar-refractivity contribution in [2.45, 2.75) is 13.3 Å². The van der Waals surface area contributed by atoms with Gasteiger partial charge < -0.3 is 5.73 Å². The van der Waals surface area contributed by atoms with E-state index in [1.807, 2.05) is 31.2 Å². The Morgan fingerprint density at radius 3 is 2.67 bits per heavy atom. The van der Waals surface area contributed by atoms with E-state index in [1.54, 1.807) is 0 Å². The number of thiazole rings is 1. The Labute approximate surface area is 135 Å². The van der Waals surface area contributed by atoms with Gasteiger partial charge in [0.2, 0.25) is 0 Å². The van der Waals surface area contributed by atoms with E-state index in [2.05, 4.69) is 38.3 Å². The number of amides is 1. The van der Waals surface area contributed by atoms with Crippen LogP contribution in [0.15, 0.2) is 35.3 Å². The van der Waals surface area contributed by atoms with E-state index < -0.39 is 0 Å². The number of aromatic nitrogens is 1. The number of aryl methyl sites for hydroxylation is 1. The van der Waals surface area contributed by atoms with E-state index in [4.69, 9.17) is 5.73 Å². The molecule has 0 saturated heterocycles. The molecule has 0 bridgehead atoms. The van der Waals surface area contributed by atoms with Crippen LogP contribution in [0.25, 0.3) is 5.70 Å². The van der Waals surface area contributed by atoms with E-state index in [0.717, 1.165) is 10.0 Å². The highest BCUT2D eigenvalue weighted by molar-refractivity contribution is 9.10. The van der Waals surface area contributed by atoms with Crippen LogP contribution in [-0.2, 0) is 6.42 Å². The highest BCUT2D eigenvalue weighted by Gasteiger charge is 2.15. The summed E-state index contributed by atoms with van der Waals surface area (Å²) in [7, 11) is 0. The van der Waals surface area contributed by atoms with Crippen molar-refractivity contribution in [3.05, 3.63) is 51.5 Å². The normalized spacial score (nSPS) is 10.2. The molecule has 0 saturated carbocycles. The molecule has 0 atom stereocenters. The molecule has 0 aliphatic carbocycles. The van der Waals surface area contributed by atoms with Gasteiger partial charge in [0.05, 0.1) is 11.4 Å². The molecule has 0 fully saturated rings. The second kappa shape index (κ2) is 6.73. The van der Waals surface area contributed by atoms with Crippen molar-refractivity contribution in [3.63, 3.8) is 0 Å². The smallest absolute Gasteiger partial charge is 0.281 e. The average molecular weight is 367 g/mol. The summed E-state index contributed by atoms with van der Waals surface area (Å²) >= 11 is 4.54. The largest absolute Gasteiger partial charge is 0.375 e. The number of nitrogens with two attached hydrogens (primary N) is 1. The maximum atomic E-state index is 12.1. The quantitative estimate of drug-likeness (QED) is 0.710. The van der Waals surface area contributed by atoms with Crippen molar-refractivity contribution in [2.24, 2.45) is 0 Å². The summed E-state index contributed by atoms with van der Waals surface area (Å²) in [5.74, 6) is -0.265. The zero-order chi connectivity index (χ0) is 15.4. The summed E-state index contributed by atoms with van der Waals surface area (Å²) < 4.78 is 0.982. The number of hydrogen-bond acceptors (Lipinski definition) is 5. The van der Waals surface area contributed by atoms with Crippen LogP contribution in [0.3, 0.4) is 0 Å². The third-order valence-electron chi connectivity index (χ3n) is 2.77. The first-order valence-electron chi connectivity index (χ1n) is 6.27. The number of carbonyl (C=O) groups excluding carboxylic acids is 1. The van der Waals surface area contributed by atoms with Gasteiger partial charge in [-0.3, -0.25) is 15.6 Å². The van der Waals surface area contributed by atoms with Crippen LogP contribution >= 0.6 is 27.3 Å². The molecular formula is C14H15BrN4OS. The number of nitrogen functional groups attached to an aromatic ring is 1. The number of nitrogens with zero attached hydrogens (tertiary/aromatic N) is 1. The molecule has 0 unspecified atom stereocenters. The Bertz CT molecular complexity index is 666. The predicted molar refractivity (Wildman–Crippen MR) is 89.7 cm³/mol. The fourth-order valence-electron chi connectivity index (χ4n) is 1.70. The topological polar surface area (TPSA) is 80.0 Å². The van der Waals surface area contributed by atoms with Crippen molar-refractivity contribution in [1.29, 1.82) is 0 Å². The van der Waals surface area contributed by atoms with Crippen LogP contribution in [0.2, 0.25) is 0 Å². The van der Waals surface area contributed by atoms with Gasteiger partial charge in [0.15, 0.2) is 5.13 Å². The molecule has 110 valence electrons. The summed E-state index contributed by atoms with van der Waals surface area (Å²) in [6.07, 6.45) is 0.657. The summed E-state index contributed by atoms with van der Waals surface area (Å²) in [6, 6.07) is 7.60. The fraction of sp³-hybridized carbons (Fsp3) is 0.143. The maximum absolute atomic E-state index is 12.1. The van der Waals surface area contributed by atoms with Gasteiger partial charge in [0, 0.05) is 4.47 Å². The van der Waals surface area contributed by atoms with Crippen molar-refractivity contribution in [3.8, 4) is 0 Å². The van der Waals surface area contributed by atoms with Gasteiger partial charge in [-0.05, 0) is 24.1 Å². The highest BCUT2D eigenvalue weighted by Crippen LogP contribution is 2.20. The summed E-state index contributed by atoms with van der Waals surface area (Å²) in [4.78, 5) is 16.8. The Hall–Kier alpha value is -1.86. The lowest BCUT2D eigenvalue weighted by Crippen LogP contribution is -2.35. The molecule has 5 nitrogen and oxygen atoms in total. The van der Waals surface area contributed by atoms with Gasteiger partial charge in [-0.2, -0.15) is 0 Å². The van der Waals surface area contributed by atoms with Gasteiger partial charge in [0.1, 0.15) is 4.88 Å². The van der Waals surface area contributed by atoms with Gasteiger partial charge in [-0.25, -0.2) is 4.98 Å². The Morgan fingerprint density at radius 2 is 2.05 bits per heavy atom. The number of rotatable bonds is 5. The van der Waals surface area contributed by atoms with Crippen molar-refractivity contribution in [2.75, 3.05) is 5.73 Å². The Kier molecular flexibility index (Phi) is 4.98. The molecule has 1 aromatic carbocycles.